The zero-order valence-corrected chi connectivity index (χ0v) is 13.6. The van der Waals surface area contributed by atoms with E-state index in [0.29, 0.717) is 15.7 Å². The molecule has 0 unspecified atom stereocenters. The largest absolute Gasteiger partial charge is 0.300 e. The first-order valence-electron chi connectivity index (χ1n) is 6.28. The van der Waals surface area contributed by atoms with Gasteiger partial charge in [0.1, 0.15) is 5.82 Å². The summed E-state index contributed by atoms with van der Waals surface area (Å²) >= 11 is 8.58. The van der Waals surface area contributed by atoms with Crippen LogP contribution in [0.25, 0.3) is 0 Å². The smallest absolute Gasteiger partial charge is 0.230 e. The van der Waals surface area contributed by atoms with Crippen LogP contribution >= 0.6 is 34.7 Å². The molecule has 1 amide bonds. The van der Waals surface area contributed by atoms with E-state index in [0.717, 1.165) is 16.5 Å². The third-order valence-electron chi connectivity index (χ3n) is 2.45. The summed E-state index contributed by atoms with van der Waals surface area (Å²) in [5.74, 6) is 0.131. The van der Waals surface area contributed by atoms with Crippen molar-refractivity contribution in [3.8, 4) is 0 Å². The molecular weight excluding hydrogens is 333 g/mol. The summed E-state index contributed by atoms with van der Waals surface area (Å²) in [5, 5.41) is 11.2. The maximum atomic E-state index is 13.6. The number of carbonyl (C=O) groups excluding carboxylic acids is 1. The second-order valence-corrected chi connectivity index (χ2v) is 6.94. The summed E-state index contributed by atoms with van der Waals surface area (Å²) in [7, 11) is 0. The van der Waals surface area contributed by atoms with Gasteiger partial charge in [-0.3, -0.25) is 4.79 Å². The molecule has 0 aliphatic carbocycles. The van der Waals surface area contributed by atoms with Crippen LogP contribution in [0.3, 0.4) is 0 Å². The molecule has 0 radical (unpaired) electrons. The molecule has 1 N–H and O–H groups in total. The Balaban J connectivity index is 1.93. The third kappa shape index (κ3) is 4.94. The fraction of sp³-hybridized carbons (Fsp3) is 0.308. The van der Waals surface area contributed by atoms with Gasteiger partial charge < -0.3 is 5.32 Å². The molecule has 1 heterocycles. The summed E-state index contributed by atoms with van der Waals surface area (Å²) < 4.78 is 14.4. The molecule has 0 aliphatic heterocycles. The lowest BCUT2D eigenvalue weighted by Crippen LogP contribution is -2.15. The Kier molecular flexibility index (Phi) is 5.96. The number of hydrogen-bond acceptors (Lipinski definition) is 5. The Hall–Kier alpha value is -1.18. The quantitative estimate of drug-likeness (QED) is 0.634. The first-order valence-corrected chi connectivity index (χ1v) is 8.46. The molecule has 0 bridgehead atoms. The minimum absolute atomic E-state index is 0.0694. The van der Waals surface area contributed by atoms with Crippen LogP contribution in [-0.4, -0.2) is 21.9 Å². The highest BCUT2D eigenvalue weighted by Gasteiger charge is 2.12. The summed E-state index contributed by atoms with van der Waals surface area (Å²) in [6.45, 7) is 2.08. The standard InChI is InChI=1S/C13H13ClFN3OS2/c1-2-5-20-13-18-17-12(21-13)16-11(19)6-8-3-4-9(14)7-10(8)15/h3-4,7H,2,5-6H2,1H3,(H,16,17,19). The normalized spacial score (nSPS) is 10.6. The lowest BCUT2D eigenvalue weighted by molar-refractivity contribution is -0.115. The van der Waals surface area contributed by atoms with E-state index in [-0.39, 0.29) is 12.3 Å². The van der Waals surface area contributed by atoms with E-state index in [2.05, 4.69) is 22.4 Å². The number of benzene rings is 1. The molecule has 1 aromatic carbocycles. The van der Waals surface area contributed by atoms with Crippen LogP contribution in [-0.2, 0) is 11.2 Å². The van der Waals surface area contributed by atoms with Gasteiger partial charge in [-0.15, -0.1) is 10.2 Å². The zero-order chi connectivity index (χ0) is 15.2. The van der Waals surface area contributed by atoms with E-state index >= 15 is 0 Å². The number of halogens is 2. The lowest BCUT2D eigenvalue weighted by atomic mass is 10.1. The Bertz CT molecular complexity index is 636. The Morgan fingerprint density at radius 1 is 1.48 bits per heavy atom. The zero-order valence-electron chi connectivity index (χ0n) is 11.2. The van der Waals surface area contributed by atoms with Crippen molar-refractivity contribution >= 4 is 45.7 Å². The molecule has 2 aromatic rings. The van der Waals surface area contributed by atoms with Crippen LogP contribution in [0.5, 0.6) is 0 Å². The van der Waals surface area contributed by atoms with E-state index < -0.39 is 5.82 Å². The maximum Gasteiger partial charge on any atom is 0.230 e. The van der Waals surface area contributed by atoms with Gasteiger partial charge in [0, 0.05) is 10.8 Å². The molecule has 8 heteroatoms. The van der Waals surface area contributed by atoms with E-state index in [1.807, 2.05) is 0 Å². The number of hydrogen-bond donors (Lipinski definition) is 1. The number of nitrogens with zero attached hydrogens (tertiary/aromatic N) is 2. The maximum absolute atomic E-state index is 13.6. The molecule has 2 rings (SSSR count). The van der Waals surface area contributed by atoms with Gasteiger partial charge in [-0.1, -0.05) is 47.7 Å². The second-order valence-electron chi connectivity index (χ2n) is 4.18. The van der Waals surface area contributed by atoms with Gasteiger partial charge >= 0.3 is 0 Å². The third-order valence-corrected chi connectivity index (χ3v) is 4.86. The van der Waals surface area contributed by atoms with E-state index in [1.165, 1.54) is 23.5 Å². The monoisotopic (exact) mass is 345 g/mol. The van der Waals surface area contributed by atoms with Crippen molar-refractivity contribution in [2.45, 2.75) is 24.1 Å². The molecule has 0 aliphatic rings. The SMILES string of the molecule is CCCSc1nnc(NC(=O)Cc2ccc(Cl)cc2F)s1. The van der Waals surface area contributed by atoms with Crippen LogP contribution in [0.15, 0.2) is 22.5 Å². The van der Waals surface area contributed by atoms with E-state index in [1.54, 1.807) is 17.8 Å². The molecule has 4 nitrogen and oxygen atoms in total. The summed E-state index contributed by atoms with van der Waals surface area (Å²) in [6.07, 6.45) is 0.974. The van der Waals surface area contributed by atoms with Crippen molar-refractivity contribution in [3.63, 3.8) is 0 Å². The van der Waals surface area contributed by atoms with Crippen LogP contribution < -0.4 is 5.32 Å². The summed E-state index contributed by atoms with van der Waals surface area (Å²) in [6, 6.07) is 4.24. The molecule has 0 atom stereocenters. The number of nitrogens with one attached hydrogen (secondary N) is 1. The lowest BCUT2D eigenvalue weighted by Gasteiger charge is -2.03. The Morgan fingerprint density at radius 3 is 3.00 bits per heavy atom. The molecule has 21 heavy (non-hydrogen) atoms. The van der Waals surface area contributed by atoms with Gasteiger partial charge in [0.2, 0.25) is 11.0 Å². The fourth-order valence-electron chi connectivity index (χ4n) is 1.51. The van der Waals surface area contributed by atoms with Crippen molar-refractivity contribution in [1.82, 2.24) is 10.2 Å². The molecule has 0 spiro atoms. The van der Waals surface area contributed by atoms with E-state index in [9.17, 15) is 9.18 Å². The van der Waals surface area contributed by atoms with Gasteiger partial charge in [0.15, 0.2) is 4.34 Å². The number of amides is 1. The van der Waals surface area contributed by atoms with Crippen molar-refractivity contribution in [2.24, 2.45) is 0 Å². The highest BCUT2D eigenvalue weighted by Crippen LogP contribution is 2.26. The highest BCUT2D eigenvalue weighted by atomic mass is 35.5. The summed E-state index contributed by atoms with van der Waals surface area (Å²) in [4.78, 5) is 11.9. The number of anilines is 1. The van der Waals surface area contributed by atoms with Crippen molar-refractivity contribution in [2.75, 3.05) is 11.1 Å². The van der Waals surface area contributed by atoms with Crippen molar-refractivity contribution in [3.05, 3.63) is 34.6 Å². The predicted molar refractivity (Wildman–Crippen MR) is 84.7 cm³/mol. The van der Waals surface area contributed by atoms with Gasteiger partial charge in [-0.2, -0.15) is 0 Å². The molecule has 112 valence electrons. The number of rotatable bonds is 6. The van der Waals surface area contributed by atoms with Crippen LogP contribution in [0, 0.1) is 5.82 Å². The molecule has 1 aromatic heterocycles. The fourth-order valence-corrected chi connectivity index (χ4v) is 3.36. The topological polar surface area (TPSA) is 54.9 Å². The first-order chi connectivity index (χ1) is 10.1. The number of aromatic nitrogens is 2. The van der Waals surface area contributed by atoms with Crippen LogP contribution in [0.1, 0.15) is 18.9 Å². The molecular formula is C13H13ClFN3OS2. The minimum Gasteiger partial charge on any atom is -0.300 e. The average molecular weight is 346 g/mol. The van der Waals surface area contributed by atoms with Crippen LogP contribution in [0.2, 0.25) is 5.02 Å². The van der Waals surface area contributed by atoms with Gasteiger partial charge in [0.05, 0.1) is 6.42 Å². The predicted octanol–water partition coefficient (Wildman–Crippen LogP) is 4.01. The van der Waals surface area contributed by atoms with Crippen LogP contribution in [0.4, 0.5) is 9.52 Å². The van der Waals surface area contributed by atoms with Crippen molar-refractivity contribution < 1.29 is 9.18 Å². The second kappa shape index (κ2) is 7.72. The first kappa shape index (κ1) is 16.2. The van der Waals surface area contributed by atoms with E-state index in [4.69, 9.17) is 11.6 Å². The van der Waals surface area contributed by atoms with Gasteiger partial charge in [-0.25, -0.2) is 4.39 Å². The van der Waals surface area contributed by atoms with Gasteiger partial charge in [-0.05, 0) is 24.1 Å². The molecule has 0 saturated heterocycles. The Labute approximate surface area is 135 Å². The molecule has 0 saturated carbocycles. The number of carbonyl (C=O) groups is 1. The van der Waals surface area contributed by atoms with Gasteiger partial charge in [0.25, 0.3) is 0 Å². The average Bonchev–Trinajstić information content (AvgIpc) is 2.87. The number of thioether (sulfide) groups is 1. The van der Waals surface area contributed by atoms with Crippen molar-refractivity contribution in [1.29, 1.82) is 0 Å². The minimum atomic E-state index is -0.492. The molecule has 0 fully saturated rings. The highest BCUT2D eigenvalue weighted by molar-refractivity contribution is 8.01. The Morgan fingerprint density at radius 2 is 2.29 bits per heavy atom. The summed E-state index contributed by atoms with van der Waals surface area (Å²) in [5.41, 5.74) is 0.294.